The molecule has 9 heteroatoms. The number of benzene rings is 2. The highest BCUT2D eigenvalue weighted by Crippen LogP contribution is 2.31. The summed E-state index contributed by atoms with van der Waals surface area (Å²) in [4.78, 5) is 25.6. The summed E-state index contributed by atoms with van der Waals surface area (Å²) in [5, 5.41) is 12.5. The molecule has 3 N–H and O–H groups in total. The lowest BCUT2D eigenvalue weighted by Gasteiger charge is -2.22. The Kier molecular flexibility index (Phi) is 8.02. The number of hydrogen-bond acceptors (Lipinski definition) is 7. The first kappa shape index (κ1) is 22.8. The molecule has 1 heterocycles. The average Bonchev–Trinajstić information content (AvgIpc) is 3.22. The molecule has 0 aliphatic carbocycles. The molecule has 0 fully saturated rings. The molecule has 0 saturated heterocycles. The Labute approximate surface area is 190 Å². The van der Waals surface area contributed by atoms with Gasteiger partial charge in [-0.05, 0) is 36.6 Å². The molecule has 0 spiro atoms. The van der Waals surface area contributed by atoms with E-state index in [1.54, 1.807) is 4.90 Å². The van der Waals surface area contributed by atoms with Crippen molar-refractivity contribution in [2.75, 3.05) is 22.5 Å². The van der Waals surface area contributed by atoms with E-state index in [4.69, 9.17) is 5.73 Å². The zero-order chi connectivity index (χ0) is 22.2. The molecule has 3 rings (SSSR count). The summed E-state index contributed by atoms with van der Waals surface area (Å²) in [5.41, 5.74) is 9.42. The van der Waals surface area contributed by atoms with Crippen LogP contribution in [0.5, 0.6) is 0 Å². The zero-order valence-corrected chi connectivity index (χ0v) is 19.1. The Morgan fingerprint density at radius 1 is 1.13 bits per heavy atom. The van der Waals surface area contributed by atoms with Crippen LogP contribution in [-0.2, 0) is 16.0 Å². The van der Waals surface area contributed by atoms with Crippen molar-refractivity contribution < 1.29 is 9.59 Å². The highest BCUT2D eigenvalue weighted by Gasteiger charge is 2.18. The predicted molar refractivity (Wildman–Crippen MR) is 127 cm³/mol. The van der Waals surface area contributed by atoms with E-state index < -0.39 is 5.91 Å². The molecule has 0 radical (unpaired) electrons. The van der Waals surface area contributed by atoms with Crippen molar-refractivity contribution >= 4 is 51.4 Å². The molecule has 0 saturated carbocycles. The molecule has 31 heavy (non-hydrogen) atoms. The smallest absolute Gasteiger partial charge is 0.237 e. The van der Waals surface area contributed by atoms with Crippen LogP contribution in [-0.4, -0.2) is 34.3 Å². The Bertz CT molecular complexity index is 1040. The van der Waals surface area contributed by atoms with Crippen LogP contribution in [0, 0.1) is 6.92 Å². The maximum Gasteiger partial charge on any atom is 0.237 e. The maximum atomic E-state index is 12.8. The summed E-state index contributed by atoms with van der Waals surface area (Å²) in [7, 11) is 0. The number of anilines is 3. The second-order valence-corrected chi connectivity index (χ2v) is 9.05. The fourth-order valence-electron chi connectivity index (χ4n) is 3.06. The average molecular weight is 456 g/mol. The number of primary amides is 1. The normalized spacial score (nSPS) is 10.6. The molecule has 0 aliphatic rings. The van der Waals surface area contributed by atoms with Crippen LogP contribution in [0.2, 0.25) is 0 Å². The molecular formula is C22H25N5O2S2. The highest BCUT2D eigenvalue weighted by atomic mass is 32.2. The molecule has 0 atom stereocenters. The number of thioether (sulfide) groups is 1. The first-order chi connectivity index (χ1) is 15.0. The first-order valence-electron chi connectivity index (χ1n) is 9.93. The van der Waals surface area contributed by atoms with Crippen molar-refractivity contribution in [1.29, 1.82) is 0 Å². The molecule has 162 valence electrons. The van der Waals surface area contributed by atoms with Gasteiger partial charge in [0.25, 0.3) is 0 Å². The maximum absolute atomic E-state index is 12.8. The number of para-hydroxylation sites is 2. The first-order valence-corrected chi connectivity index (χ1v) is 11.7. The van der Waals surface area contributed by atoms with Gasteiger partial charge in [0.2, 0.25) is 16.9 Å². The van der Waals surface area contributed by atoms with Gasteiger partial charge >= 0.3 is 0 Å². The Morgan fingerprint density at radius 3 is 2.61 bits per heavy atom. The van der Waals surface area contributed by atoms with Crippen LogP contribution in [0.4, 0.5) is 16.5 Å². The molecular weight excluding hydrogens is 430 g/mol. The lowest BCUT2D eigenvalue weighted by Crippen LogP contribution is -2.35. The van der Waals surface area contributed by atoms with Crippen LogP contribution in [0.1, 0.15) is 24.5 Å². The highest BCUT2D eigenvalue weighted by molar-refractivity contribution is 8.01. The van der Waals surface area contributed by atoms with Crippen LogP contribution in [0.3, 0.4) is 0 Å². The van der Waals surface area contributed by atoms with Crippen LogP contribution >= 0.6 is 23.1 Å². The van der Waals surface area contributed by atoms with Crippen LogP contribution < -0.4 is 16.0 Å². The summed E-state index contributed by atoms with van der Waals surface area (Å²) < 4.78 is 0.699. The van der Waals surface area contributed by atoms with E-state index in [1.807, 2.05) is 36.4 Å². The summed E-state index contributed by atoms with van der Waals surface area (Å²) in [6.07, 6.45) is 1.02. The van der Waals surface area contributed by atoms with Crippen molar-refractivity contribution in [2.45, 2.75) is 31.0 Å². The number of aryl methyl sites for hydroxylation is 2. The molecule has 1 aromatic heterocycles. The number of carbonyl (C=O) groups is 2. The third kappa shape index (κ3) is 6.28. The molecule has 0 bridgehead atoms. The number of aromatic nitrogens is 2. The van der Waals surface area contributed by atoms with Gasteiger partial charge in [-0.15, -0.1) is 10.2 Å². The number of nitrogens with zero attached hydrogens (tertiary/aromatic N) is 3. The minimum atomic E-state index is -0.441. The van der Waals surface area contributed by atoms with Gasteiger partial charge in [-0.1, -0.05) is 66.4 Å². The fourth-order valence-corrected chi connectivity index (χ4v) is 4.69. The number of nitrogens with one attached hydrogen (secondary N) is 1. The van der Waals surface area contributed by atoms with Crippen molar-refractivity contribution in [3.8, 4) is 0 Å². The van der Waals surface area contributed by atoms with E-state index in [0.717, 1.165) is 23.4 Å². The van der Waals surface area contributed by atoms with Crippen molar-refractivity contribution in [3.63, 3.8) is 0 Å². The largest absolute Gasteiger partial charge is 0.370 e. The Hall–Kier alpha value is -2.91. The SMILES string of the molecule is CCc1cccc(C)c1Nc1nnc(SCC(=O)N(CCC(N)=O)c2ccccc2)s1. The van der Waals surface area contributed by atoms with Gasteiger partial charge in [-0.2, -0.15) is 0 Å². The van der Waals surface area contributed by atoms with Gasteiger partial charge in [0.1, 0.15) is 0 Å². The van der Waals surface area contributed by atoms with E-state index in [0.29, 0.717) is 9.47 Å². The van der Waals surface area contributed by atoms with E-state index in [-0.39, 0.29) is 24.6 Å². The molecule has 2 amide bonds. The van der Waals surface area contributed by atoms with E-state index in [9.17, 15) is 9.59 Å². The van der Waals surface area contributed by atoms with Gasteiger partial charge in [-0.25, -0.2) is 0 Å². The lowest BCUT2D eigenvalue weighted by molar-refractivity contribution is -0.118. The standard InChI is InChI=1S/C22H25N5O2S2/c1-3-16-9-7-8-15(2)20(16)24-21-25-26-22(31-21)30-14-19(29)27(13-12-18(23)28)17-10-5-4-6-11-17/h4-11H,3,12-14H2,1-2H3,(H2,23,28)(H,24,25). The van der Waals surface area contributed by atoms with Gasteiger partial charge in [0.15, 0.2) is 4.34 Å². The van der Waals surface area contributed by atoms with Crippen molar-refractivity contribution in [2.24, 2.45) is 5.73 Å². The van der Waals surface area contributed by atoms with E-state index >= 15 is 0 Å². The van der Waals surface area contributed by atoms with Crippen LogP contribution in [0.15, 0.2) is 52.9 Å². The molecule has 0 aliphatic heterocycles. The van der Waals surface area contributed by atoms with Crippen LogP contribution in [0.25, 0.3) is 0 Å². The third-order valence-corrected chi connectivity index (χ3v) is 6.61. The monoisotopic (exact) mass is 455 g/mol. The molecule has 7 nitrogen and oxygen atoms in total. The predicted octanol–water partition coefficient (Wildman–Crippen LogP) is 4.15. The number of nitrogens with two attached hydrogens (primary N) is 1. The molecule has 3 aromatic rings. The van der Waals surface area contributed by atoms with E-state index in [1.165, 1.54) is 28.7 Å². The van der Waals surface area contributed by atoms with Gasteiger partial charge < -0.3 is 16.0 Å². The van der Waals surface area contributed by atoms with Gasteiger partial charge in [0.05, 0.1) is 5.75 Å². The summed E-state index contributed by atoms with van der Waals surface area (Å²) in [6.45, 7) is 4.42. The number of hydrogen-bond donors (Lipinski definition) is 2. The Morgan fingerprint density at radius 2 is 1.90 bits per heavy atom. The molecule has 2 aromatic carbocycles. The second-order valence-electron chi connectivity index (χ2n) is 6.85. The summed E-state index contributed by atoms with van der Waals surface area (Å²) in [6, 6.07) is 15.5. The third-order valence-electron chi connectivity index (χ3n) is 4.65. The second kappa shape index (κ2) is 10.9. The molecule has 0 unspecified atom stereocenters. The summed E-state index contributed by atoms with van der Waals surface area (Å²) in [5.74, 6) is -0.370. The Balaban J connectivity index is 1.65. The van der Waals surface area contributed by atoms with Gasteiger partial charge in [-0.3, -0.25) is 9.59 Å². The van der Waals surface area contributed by atoms with Gasteiger partial charge in [0, 0.05) is 24.3 Å². The van der Waals surface area contributed by atoms with E-state index in [2.05, 4.69) is 41.5 Å². The summed E-state index contributed by atoms with van der Waals surface area (Å²) >= 11 is 2.74. The fraction of sp³-hybridized carbons (Fsp3) is 0.273. The zero-order valence-electron chi connectivity index (χ0n) is 17.5. The quantitative estimate of drug-likeness (QED) is 0.445. The lowest BCUT2D eigenvalue weighted by atomic mass is 10.1. The number of carbonyl (C=O) groups excluding carboxylic acids is 2. The number of rotatable bonds is 10. The van der Waals surface area contributed by atoms with Crippen molar-refractivity contribution in [1.82, 2.24) is 10.2 Å². The number of amides is 2. The van der Waals surface area contributed by atoms with Crippen molar-refractivity contribution in [3.05, 3.63) is 59.7 Å². The minimum Gasteiger partial charge on any atom is -0.370 e. The minimum absolute atomic E-state index is 0.106. The topological polar surface area (TPSA) is 101 Å².